The van der Waals surface area contributed by atoms with E-state index in [1.165, 1.54) is 12.1 Å². The van der Waals surface area contributed by atoms with Crippen LogP contribution in [0.1, 0.15) is 18.4 Å². The number of anilines is 1. The van der Waals surface area contributed by atoms with Crippen molar-refractivity contribution in [3.63, 3.8) is 0 Å². The van der Waals surface area contributed by atoms with Gasteiger partial charge in [0, 0.05) is 50.3 Å². The quantitative estimate of drug-likeness (QED) is 0.585. The predicted octanol–water partition coefficient (Wildman–Crippen LogP) is 5.11. The molecule has 0 unspecified atom stereocenters. The number of nitrogens with zero attached hydrogens (tertiary/aromatic N) is 2. The van der Waals surface area contributed by atoms with Crippen LogP contribution in [0.5, 0.6) is 5.75 Å². The molecule has 0 bridgehead atoms. The Labute approximate surface area is 186 Å². The molecule has 7 heteroatoms. The Bertz CT molecular complexity index is 1090. The Balaban J connectivity index is 1.30. The first-order chi connectivity index (χ1) is 15.6. The van der Waals surface area contributed by atoms with E-state index in [2.05, 4.69) is 10.3 Å². The van der Waals surface area contributed by atoms with E-state index in [0.29, 0.717) is 49.2 Å². The maximum Gasteiger partial charge on any atom is 0.321 e. The van der Waals surface area contributed by atoms with Gasteiger partial charge < -0.3 is 19.7 Å². The number of fused-ring (bicyclic) bond motifs is 1. The number of pyridine rings is 1. The van der Waals surface area contributed by atoms with Crippen molar-refractivity contribution in [3.8, 4) is 5.75 Å². The maximum atomic E-state index is 13.7. The lowest BCUT2D eigenvalue weighted by Gasteiger charge is -2.32. The fourth-order valence-corrected chi connectivity index (χ4v) is 3.71. The highest BCUT2D eigenvalue weighted by molar-refractivity contribution is 5.89. The summed E-state index contributed by atoms with van der Waals surface area (Å²) < 4.78 is 24.8. The summed E-state index contributed by atoms with van der Waals surface area (Å²) in [6, 6.07) is 13.8. The second-order valence-electron chi connectivity index (χ2n) is 7.68. The van der Waals surface area contributed by atoms with Gasteiger partial charge in [0.25, 0.3) is 0 Å². The number of ether oxygens (including phenoxy) is 2. The molecule has 1 N–H and O–H groups in total. The molecule has 1 saturated heterocycles. The lowest BCUT2D eigenvalue weighted by atomic mass is 10.1. The Morgan fingerprint density at radius 2 is 1.97 bits per heavy atom. The van der Waals surface area contributed by atoms with Crippen LogP contribution in [0.15, 0.2) is 60.8 Å². The molecule has 1 aliphatic heterocycles. The number of rotatable bonds is 6. The van der Waals surface area contributed by atoms with Crippen LogP contribution in [0.2, 0.25) is 0 Å². The van der Waals surface area contributed by atoms with Crippen molar-refractivity contribution >= 4 is 28.7 Å². The molecule has 0 aliphatic carbocycles. The number of amides is 2. The number of piperidine rings is 1. The molecule has 0 saturated carbocycles. The molecule has 32 heavy (non-hydrogen) atoms. The summed E-state index contributed by atoms with van der Waals surface area (Å²) >= 11 is 0. The fraction of sp³-hybridized carbons (Fsp3) is 0.280. The molecule has 2 amide bonds. The number of methoxy groups -OCH3 is 1. The first-order valence-electron chi connectivity index (χ1n) is 10.6. The normalized spacial score (nSPS) is 14.8. The third kappa shape index (κ3) is 5.42. The molecule has 0 atom stereocenters. The van der Waals surface area contributed by atoms with Crippen LogP contribution in [-0.2, 0) is 4.74 Å². The summed E-state index contributed by atoms with van der Waals surface area (Å²) in [5, 5.41) is 3.61. The molecular weight excluding hydrogens is 409 g/mol. The van der Waals surface area contributed by atoms with Crippen molar-refractivity contribution < 1.29 is 18.7 Å². The number of urea groups is 1. The van der Waals surface area contributed by atoms with Gasteiger partial charge in [0.05, 0.1) is 12.1 Å². The maximum absolute atomic E-state index is 13.7. The average molecular weight is 435 g/mol. The van der Waals surface area contributed by atoms with Crippen molar-refractivity contribution in [2.75, 3.05) is 32.1 Å². The van der Waals surface area contributed by atoms with E-state index in [9.17, 15) is 9.18 Å². The van der Waals surface area contributed by atoms with Gasteiger partial charge in [-0.25, -0.2) is 9.18 Å². The monoisotopic (exact) mass is 435 g/mol. The zero-order chi connectivity index (χ0) is 22.3. The summed E-state index contributed by atoms with van der Waals surface area (Å²) in [6.45, 7) is 1.74. The van der Waals surface area contributed by atoms with E-state index in [1.54, 1.807) is 30.3 Å². The van der Waals surface area contributed by atoms with Crippen LogP contribution >= 0.6 is 0 Å². The van der Waals surface area contributed by atoms with E-state index in [0.717, 1.165) is 11.3 Å². The van der Waals surface area contributed by atoms with Gasteiger partial charge >= 0.3 is 6.03 Å². The molecule has 3 aromatic rings. The van der Waals surface area contributed by atoms with Gasteiger partial charge in [-0.1, -0.05) is 24.3 Å². The predicted molar refractivity (Wildman–Crippen MR) is 123 cm³/mol. The van der Waals surface area contributed by atoms with Gasteiger partial charge in [0.15, 0.2) is 0 Å². The van der Waals surface area contributed by atoms with Crippen LogP contribution in [0.4, 0.5) is 14.9 Å². The molecular formula is C25H26FN3O3. The van der Waals surface area contributed by atoms with Crippen molar-refractivity contribution in [2.24, 2.45) is 0 Å². The highest BCUT2D eigenvalue weighted by Gasteiger charge is 2.24. The minimum atomic E-state index is -0.319. The number of likely N-dealkylation sites (tertiary alicyclic amines) is 1. The number of hydrogen-bond donors (Lipinski definition) is 1. The molecule has 6 nitrogen and oxygen atoms in total. The van der Waals surface area contributed by atoms with Crippen molar-refractivity contribution in [1.82, 2.24) is 9.88 Å². The van der Waals surface area contributed by atoms with Crippen LogP contribution in [0.25, 0.3) is 17.0 Å². The lowest BCUT2D eigenvalue weighted by Crippen LogP contribution is -2.43. The molecule has 166 valence electrons. The SMILES string of the molecule is COC/C=C/c1ccc(NC(=O)N2CCC(Oc3ccnc4ccc(F)cc34)CC2)cc1. The standard InChI is InChI=1S/C25H26FN3O3/c1-31-16-2-3-18-4-7-20(8-5-18)28-25(30)29-14-11-21(12-15-29)32-24-10-13-27-23-9-6-19(26)17-22(23)24/h2-10,13,17,21H,11-12,14-16H2,1H3,(H,28,30)/b3-2+. The Morgan fingerprint density at radius 1 is 1.19 bits per heavy atom. The first kappa shape index (κ1) is 21.8. The third-order valence-electron chi connectivity index (χ3n) is 5.42. The number of benzene rings is 2. The minimum absolute atomic E-state index is 0.0360. The lowest BCUT2D eigenvalue weighted by molar-refractivity contribution is 0.117. The molecule has 4 rings (SSSR count). The fourth-order valence-electron chi connectivity index (χ4n) is 3.71. The molecule has 1 fully saturated rings. The largest absolute Gasteiger partial charge is 0.490 e. The summed E-state index contributed by atoms with van der Waals surface area (Å²) in [7, 11) is 1.65. The van der Waals surface area contributed by atoms with Crippen LogP contribution in [-0.4, -0.2) is 48.8 Å². The van der Waals surface area contributed by atoms with Crippen LogP contribution < -0.4 is 10.1 Å². The van der Waals surface area contributed by atoms with Crippen molar-refractivity contribution in [2.45, 2.75) is 18.9 Å². The summed E-state index contributed by atoms with van der Waals surface area (Å²) in [5.41, 5.74) is 2.49. The van der Waals surface area contributed by atoms with E-state index in [1.807, 2.05) is 36.4 Å². The van der Waals surface area contributed by atoms with Gasteiger partial charge in [0.2, 0.25) is 0 Å². The third-order valence-corrected chi connectivity index (χ3v) is 5.42. The van der Waals surface area contributed by atoms with Gasteiger partial charge in [-0.3, -0.25) is 4.98 Å². The molecule has 1 aromatic heterocycles. The van der Waals surface area contributed by atoms with Crippen molar-refractivity contribution in [3.05, 3.63) is 72.2 Å². The summed E-state index contributed by atoms with van der Waals surface area (Å²) in [6.07, 6.45) is 6.94. The van der Waals surface area contributed by atoms with Gasteiger partial charge in [-0.15, -0.1) is 0 Å². The number of hydrogen-bond acceptors (Lipinski definition) is 4. The van der Waals surface area contributed by atoms with Gasteiger partial charge in [-0.05, 0) is 42.0 Å². The highest BCUT2D eigenvalue weighted by atomic mass is 19.1. The van der Waals surface area contributed by atoms with Crippen molar-refractivity contribution in [1.29, 1.82) is 0 Å². The Morgan fingerprint density at radius 3 is 2.72 bits per heavy atom. The number of carbonyl (C=O) groups is 1. The van der Waals surface area contributed by atoms with E-state index >= 15 is 0 Å². The molecule has 2 aromatic carbocycles. The van der Waals surface area contributed by atoms with E-state index in [4.69, 9.17) is 9.47 Å². The number of aromatic nitrogens is 1. The molecule has 2 heterocycles. The van der Waals surface area contributed by atoms with Crippen LogP contribution in [0, 0.1) is 5.82 Å². The summed E-state index contributed by atoms with van der Waals surface area (Å²) in [4.78, 5) is 18.7. The van der Waals surface area contributed by atoms with Gasteiger partial charge in [-0.2, -0.15) is 0 Å². The molecule has 0 spiro atoms. The number of nitrogens with one attached hydrogen (secondary N) is 1. The molecule has 0 radical (unpaired) electrons. The van der Waals surface area contributed by atoms with Gasteiger partial charge in [0.1, 0.15) is 17.7 Å². The van der Waals surface area contributed by atoms with E-state index in [-0.39, 0.29) is 18.0 Å². The average Bonchev–Trinajstić information content (AvgIpc) is 2.81. The minimum Gasteiger partial charge on any atom is -0.490 e. The Hall–Kier alpha value is -3.45. The topological polar surface area (TPSA) is 63.7 Å². The second kappa shape index (κ2) is 10.2. The Kier molecular flexibility index (Phi) is 6.97. The smallest absolute Gasteiger partial charge is 0.321 e. The first-order valence-corrected chi connectivity index (χ1v) is 10.6. The highest BCUT2D eigenvalue weighted by Crippen LogP contribution is 2.27. The molecule has 1 aliphatic rings. The summed E-state index contributed by atoms with van der Waals surface area (Å²) in [5.74, 6) is 0.304. The van der Waals surface area contributed by atoms with Crippen LogP contribution in [0.3, 0.4) is 0 Å². The zero-order valence-corrected chi connectivity index (χ0v) is 18.0. The number of halogens is 1. The van der Waals surface area contributed by atoms with E-state index < -0.39 is 0 Å². The number of carbonyl (C=O) groups excluding carboxylic acids is 1. The second-order valence-corrected chi connectivity index (χ2v) is 7.68. The zero-order valence-electron chi connectivity index (χ0n) is 18.0.